The summed E-state index contributed by atoms with van der Waals surface area (Å²) < 4.78 is 8.23. The zero-order valence-electron chi connectivity index (χ0n) is 7.14. The molecular weight excluding hydrogens is 190 g/mol. The second-order valence-electron chi connectivity index (χ2n) is 2.13. The van der Waals surface area contributed by atoms with Crippen LogP contribution in [0.4, 0.5) is 9.80 Å². The highest BCUT2D eigenvalue weighted by Crippen LogP contribution is 2.17. The van der Waals surface area contributed by atoms with Crippen molar-refractivity contribution in [3.63, 3.8) is 0 Å². The summed E-state index contributed by atoms with van der Waals surface area (Å²) in [6.07, 6.45) is 2.67. The van der Waals surface area contributed by atoms with E-state index in [9.17, 15) is 4.79 Å². The Labute approximate surface area is 79.8 Å². The van der Waals surface area contributed by atoms with Crippen LogP contribution in [0.1, 0.15) is 0 Å². The molecule has 70 valence electrons. The van der Waals surface area contributed by atoms with Gasteiger partial charge in [-0.05, 0) is 0 Å². The minimum atomic E-state index is -0.439. The number of amides is 1. The molecule has 1 rings (SSSR count). The second-order valence-corrected chi connectivity index (χ2v) is 2.89. The Morgan fingerprint density at radius 3 is 3.15 bits per heavy atom. The summed E-state index contributed by atoms with van der Waals surface area (Å²) in [5.74, 6) is 0. The van der Waals surface area contributed by atoms with Crippen molar-refractivity contribution in [2.24, 2.45) is 0 Å². The van der Waals surface area contributed by atoms with Crippen LogP contribution < -0.4 is 4.90 Å². The standard InChI is InChI=1S/C7H9N3O2S/c1-3-4-10(7(11)12-2)6-5-8-9-13-6/h3,5H,1,4H2,2H3. The van der Waals surface area contributed by atoms with Crippen LogP contribution in [-0.2, 0) is 4.74 Å². The number of rotatable bonds is 3. The molecule has 0 fully saturated rings. The van der Waals surface area contributed by atoms with E-state index in [1.54, 1.807) is 6.08 Å². The fourth-order valence-corrected chi connectivity index (χ4v) is 1.29. The highest BCUT2D eigenvalue weighted by Gasteiger charge is 2.16. The van der Waals surface area contributed by atoms with E-state index in [-0.39, 0.29) is 0 Å². The van der Waals surface area contributed by atoms with Crippen LogP contribution in [0.2, 0.25) is 0 Å². The van der Waals surface area contributed by atoms with E-state index in [1.165, 1.54) is 18.2 Å². The average molecular weight is 199 g/mol. The van der Waals surface area contributed by atoms with Crippen molar-refractivity contribution >= 4 is 22.6 Å². The topological polar surface area (TPSA) is 55.3 Å². The minimum Gasteiger partial charge on any atom is -0.452 e. The fraction of sp³-hybridized carbons (Fsp3) is 0.286. The molecule has 0 saturated carbocycles. The summed E-state index contributed by atoms with van der Waals surface area (Å²) in [5, 5.41) is 4.27. The zero-order valence-corrected chi connectivity index (χ0v) is 7.95. The lowest BCUT2D eigenvalue weighted by Gasteiger charge is -2.15. The Hall–Kier alpha value is -1.43. The van der Waals surface area contributed by atoms with Gasteiger partial charge in [-0.1, -0.05) is 10.6 Å². The number of anilines is 1. The predicted octanol–water partition coefficient (Wildman–Crippen LogP) is 1.30. The van der Waals surface area contributed by atoms with Crippen molar-refractivity contribution in [3.05, 3.63) is 18.9 Å². The third kappa shape index (κ3) is 2.25. The van der Waals surface area contributed by atoms with Gasteiger partial charge < -0.3 is 4.74 Å². The summed E-state index contributed by atoms with van der Waals surface area (Å²) in [6.45, 7) is 3.93. The molecule has 0 saturated heterocycles. The smallest absolute Gasteiger partial charge is 0.415 e. The van der Waals surface area contributed by atoms with Gasteiger partial charge in [-0.25, -0.2) is 4.79 Å². The van der Waals surface area contributed by atoms with Crippen LogP contribution in [0, 0.1) is 0 Å². The fourth-order valence-electron chi connectivity index (χ4n) is 0.775. The van der Waals surface area contributed by atoms with Gasteiger partial charge in [-0.2, -0.15) is 0 Å². The third-order valence-corrected chi connectivity index (χ3v) is 2.01. The molecular formula is C7H9N3O2S. The highest BCUT2D eigenvalue weighted by atomic mass is 32.1. The molecule has 13 heavy (non-hydrogen) atoms. The molecule has 0 aliphatic heterocycles. The van der Waals surface area contributed by atoms with Gasteiger partial charge in [0.15, 0.2) is 0 Å². The molecule has 0 aromatic carbocycles. The Balaban J connectivity index is 2.79. The van der Waals surface area contributed by atoms with Crippen LogP contribution >= 0.6 is 11.5 Å². The molecule has 1 aromatic rings. The molecule has 0 atom stereocenters. The molecule has 6 heteroatoms. The first kappa shape index (κ1) is 9.66. The Bertz CT molecular complexity index is 286. The third-order valence-electron chi connectivity index (χ3n) is 1.32. The molecule has 1 heterocycles. The van der Waals surface area contributed by atoms with Crippen LogP contribution in [0.5, 0.6) is 0 Å². The lowest BCUT2D eigenvalue weighted by Crippen LogP contribution is -2.29. The number of hydrogen-bond acceptors (Lipinski definition) is 5. The number of methoxy groups -OCH3 is 1. The number of nitrogens with zero attached hydrogens (tertiary/aromatic N) is 3. The number of aromatic nitrogens is 2. The maximum Gasteiger partial charge on any atom is 0.415 e. The van der Waals surface area contributed by atoms with E-state index >= 15 is 0 Å². The monoisotopic (exact) mass is 199 g/mol. The highest BCUT2D eigenvalue weighted by molar-refractivity contribution is 7.10. The van der Waals surface area contributed by atoms with Crippen molar-refractivity contribution < 1.29 is 9.53 Å². The summed E-state index contributed by atoms with van der Waals surface area (Å²) in [7, 11) is 1.33. The number of carbonyl (C=O) groups excluding carboxylic acids is 1. The van der Waals surface area contributed by atoms with Gasteiger partial charge in [0, 0.05) is 18.1 Å². The lowest BCUT2D eigenvalue weighted by atomic mass is 10.5. The Kier molecular flexibility index (Phi) is 3.39. The number of carbonyl (C=O) groups is 1. The zero-order chi connectivity index (χ0) is 9.68. The van der Waals surface area contributed by atoms with Crippen LogP contribution in [0.25, 0.3) is 0 Å². The first-order valence-electron chi connectivity index (χ1n) is 3.53. The molecule has 0 bridgehead atoms. The summed E-state index contributed by atoms with van der Waals surface area (Å²) in [6, 6.07) is 0. The van der Waals surface area contributed by atoms with Crippen LogP contribution in [0.3, 0.4) is 0 Å². The molecule has 0 aliphatic rings. The molecule has 0 radical (unpaired) electrons. The van der Waals surface area contributed by atoms with Gasteiger partial charge in [0.1, 0.15) is 5.00 Å². The SMILES string of the molecule is C=CCN(C(=O)OC)c1cnns1. The lowest BCUT2D eigenvalue weighted by molar-refractivity contribution is 0.179. The minimum absolute atomic E-state index is 0.385. The van der Waals surface area contributed by atoms with Gasteiger partial charge in [0.2, 0.25) is 0 Å². The van der Waals surface area contributed by atoms with E-state index in [1.807, 2.05) is 0 Å². The maximum absolute atomic E-state index is 11.2. The summed E-state index contributed by atoms with van der Waals surface area (Å²) in [4.78, 5) is 12.6. The van der Waals surface area contributed by atoms with E-state index in [0.717, 1.165) is 11.5 Å². The van der Waals surface area contributed by atoms with Crippen LogP contribution in [0.15, 0.2) is 18.9 Å². The van der Waals surface area contributed by atoms with Gasteiger partial charge >= 0.3 is 6.09 Å². The summed E-state index contributed by atoms with van der Waals surface area (Å²) in [5.41, 5.74) is 0. The van der Waals surface area contributed by atoms with Gasteiger partial charge in [0.25, 0.3) is 0 Å². The van der Waals surface area contributed by atoms with Crippen molar-refractivity contribution in [2.75, 3.05) is 18.6 Å². The van der Waals surface area contributed by atoms with Crippen molar-refractivity contribution in [1.29, 1.82) is 0 Å². The molecule has 1 aromatic heterocycles. The first-order valence-corrected chi connectivity index (χ1v) is 4.30. The molecule has 5 nitrogen and oxygen atoms in total. The molecule has 0 aliphatic carbocycles. The molecule has 0 spiro atoms. The van der Waals surface area contributed by atoms with E-state index in [2.05, 4.69) is 20.9 Å². The van der Waals surface area contributed by atoms with E-state index < -0.39 is 6.09 Å². The normalized spacial score (nSPS) is 9.31. The second kappa shape index (κ2) is 4.56. The van der Waals surface area contributed by atoms with Crippen molar-refractivity contribution in [2.45, 2.75) is 0 Å². The van der Waals surface area contributed by atoms with Gasteiger partial charge in [-0.3, -0.25) is 4.90 Å². The number of hydrogen-bond donors (Lipinski definition) is 0. The Morgan fingerprint density at radius 1 is 1.92 bits per heavy atom. The van der Waals surface area contributed by atoms with E-state index in [4.69, 9.17) is 0 Å². The predicted molar refractivity (Wildman–Crippen MR) is 49.9 cm³/mol. The Morgan fingerprint density at radius 2 is 2.69 bits per heavy atom. The molecule has 0 N–H and O–H groups in total. The van der Waals surface area contributed by atoms with Crippen LogP contribution in [-0.4, -0.2) is 29.3 Å². The molecule has 0 unspecified atom stereocenters. The first-order chi connectivity index (χ1) is 6.29. The quantitative estimate of drug-likeness (QED) is 0.688. The average Bonchev–Trinajstić information content (AvgIpc) is 2.65. The van der Waals surface area contributed by atoms with Gasteiger partial charge in [-0.15, -0.1) is 11.7 Å². The van der Waals surface area contributed by atoms with Gasteiger partial charge in [0.05, 0.1) is 13.3 Å². The summed E-state index contributed by atoms with van der Waals surface area (Å²) >= 11 is 1.13. The largest absolute Gasteiger partial charge is 0.452 e. The van der Waals surface area contributed by atoms with E-state index in [0.29, 0.717) is 11.5 Å². The maximum atomic E-state index is 11.2. The number of ether oxygens (including phenoxy) is 1. The van der Waals surface area contributed by atoms with Crippen molar-refractivity contribution in [1.82, 2.24) is 9.59 Å². The molecule has 1 amide bonds. The van der Waals surface area contributed by atoms with Crippen molar-refractivity contribution in [3.8, 4) is 0 Å².